The summed E-state index contributed by atoms with van der Waals surface area (Å²) in [6.45, 7) is 11.6. The Kier molecular flexibility index (Phi) is 9.94. The van der Waals surface area contributed by atoms with Gasteiger partial charge in [0.15, 0.2) is 17.3 Å². The number of carbonyl (C=O) groups excluding carboxylic acids is 2. The number of benzene rings is 1. The summed E-state index contributed by atoms with van der Waals surface area (Å²) in [6, 6.07) is 5.12. The van der Waals surface area contributed by atoms with Gasteiger partial charge in [-0.15, -0.1) is 0 Å². The van der Waals surface area contributed by atoms with Gasteiger partial charge in [-0.2, -0.15) is 0 Å². The number of hydrogen-bond donors (Lipinski definition) is 1. The molecule has 0 aromatic heterocycles. The van der Waals surface area contributed by atoms with Crippen molar-refractivity contribution in [1.82, 2.24) is 15.1 Å². The van der Waals surface area contributed by atoms with Crippen LogP contribution in [0.3, 0.4) is 0 Å². The van der Waals surface area contributed by atoms with Crippen LogP contribution >= 0.6 is 0 Å². The van der Waals surface area contributed by atoms with Gasteiger partial charge in [-0.3, -0.25) is 9.59 Å². The van der Waals surface area contributed by atoms with E-state index in [-0.39, 0.29) is 11.7 Å². The summed E-state index contributed by atoms with van der Waals surface area (Å²) < 4.78 is 11.0. The number of ketones is 1. The Morgan fingerprint density at radius 3 is 2.45 bits per heavy atom. The number of ether oxygens (including phenoxy) is 2. The Morgan fingerprint density at radius 2 is 1.79 bits per heavy atom. The first-order valence-corrected chi connectivity index (χ1v) is 10.6. The fourth-order valence-electron chi connectivity index (χ4n) is 3.37. The molecule has 1 aliphatic heterocycles. The first-order valence-electron chi connectivity index (χ1n) is 10.6. The fourth-order valence-corrected chi connectivity index (χ4v) is 3.37. The summed E-state index contributed by atoms with van der Waals surface area (Å²) >= 11 is 0. The van der Waals surface area contributed by atoms with Crippen molar-refractivity contribution in [2.24, 2.45) is 0 Å². The summed E-state index contributed by atoms with van der Waals surface area (Å²) in [5.41, 5.74) is 0.584. The average molecular weight is 406 g/mol. The number of nitrogens with zero attached hydrogens (tertiary/aromatic N) is 2. The van der Waals surface area contributed by atoms with E-state index in [0.29, 0.717) is 43.1 Å². The van der Waals surface area contributed by atoms with E-state index in [0.717, 1.165) is 45.7 Å². The lowest BCUT2D eigenvalue weighted by molar-refractivity contribution is -0.121. The lowest BCUT2D eigenvalue weighted by Crippen LogP contribution is -2.46. The Morgan fingerprint density at radius 1 is 1.07 bits per heavy atom. The van der Waals surface area contributed by atoms with Gasteiger partial charge in [-0.05, 0) is 51.1 Å². The van der Waals surface area contributed by atoms with E-state index in [1.165, 1.54) is 6.92 Å². The minimum Gasteiger partial charge on any atom is -0.493 e. The molecule has 0 saturated carbocycles. The number of methoxy groups -OCH3 is 1. The van der Waals surface area contributed by atoms with Gasteiger partial charge in [-0.25, -0.2) is 0 Å². The van der Waals surface area contributed by atoms with E-state index in [9.17, 15) is 9.59 Å². The third-order valence-corrected chi connectivity index (χ3v) is 5.26. The van der Waals surface area contributed by atoms with E-state index in [2.05, 4.69) is 22.0 Å². The first-order chi connectivity index (χ1) is 14.0. The van der Waals surface area contributed by atoms with Crippen LogP contribution < -0.4 is 14.8 Å². The zero-order valence-corrected chi connectivity index (χ0v) is 18.0. The summed E-state index contributed by atoms with van der Waals surface area (Å²) in [4.78, 5) is 28.4. The average Bonchev–Trinajstić information content (AvgIpc) is 2.74. The van der Waals surface area contributed by atoms with Gasteiger partial charge in [-0.1, -0.05) is 6.92 Å². The van der Waals surface area contributed by atoms with Crippen molar-refractivity contribution in [2.75, 3.05) is 59.5 Å². The predicted molar refractivity (Wildman–Crippen MR) is 114 cm³/mol. The van der Waals surface area contributed by atoms with E-state index in [4.69, 9.17) is 9.47 Å². The van der Waals surface area contributed by atoms with Gasteiger partial charge in [0.25, 0.3) is 0 Å². The lowest BCUT2D eigenvalue weighted by atomic mass is 10.1. The van der Waals surface area contributed by atoms with Crippen molar-refractivity contribution < 1.29 is 19.1 Å². The Labute approximate surface area is 174 Å². The topological polar surface area (TPSA) is 71.1 Å². The van der Waals surface area contributed by atoms with Gasteiger partial charge in [0.05, 0.1) is 13.7 Å². The maximum atomic E-state index is 12.0. The van der Waals surface area contributed by atoms with Crippen LogP contribution in [0, 0.1) is 0 Å². The van der Waals surface area contributed by atoms with E-state index in [1.54, 1.807) is 25.3 Å². The number of hydrogen-bond acceptors (Lipinski definition) is 6. The highest BCUT2D eigenvalue weighted by atomic mass is 16.5. The van der Waals surface area contributed by atoms with Gasteiger partial charge in [0.2, 0.25) is 5.91 Å². The van der Waals surface area contributed by atoms with Crippen LogP contribution in [0.4, 0.5) is 0 Å². The molecule has 1 aromatic rings. The molecule has 162 valence electrons. The second-order valence-corrected chi connectivity index (χ2v) is 7.35. The van der Waals surface area contributed by atoms with Crippen molar-refractivity contribution >= 4 is 11.7 Å². The maximum absolute atomic E-state index is 12.0. The highest BCUT2D eigenvalue weighted by Gasteiger charge is 2.14. The first kappa shape index (κ1) is 23.2. The van der Waals surface area contributed by atoms with E-state index < -0.39 is 0 Å². The highest BCUT2D eigenvalue weighted by molar-refractivity contribution is 5.94. The SMILES string of the molecule is CCN1CCN(CCCNC(=O)CCCOc2ccc(C(C)=O)cc2OC)CC1. The van der Waals surface area contributed by atoms with E-state index >= 15 is 0 Å². The molecule has 1 amide bonds. The standard InChI is InChI=1S/C22H35N3O4/c1-4-24-12-14-25(15-13-24)11-6-10-23-22(27)7-5-16-29-20-9-8-19(18(2)26)17-21(20)28-3/h8-9,17H,4-7,10-16H2,1-3H3,(H,23,27). The normalized spacial score (nSPS) is 15.1. The molecule has 0 atom stereocenters. The molecule has 0 unspecified atom stereocenters. The van der Waals surface area contributed by atoms with Gasteiger partial charge in [0, 0.05) is 44.7 Å². The van der Waals surface area contributed by atoms with Crippen LogP contribution in [0.5, 0.6) is 11.5 Å². The molecule has 0 spiro atoms. The molecule has 0 bridgehead atoms. The molecule has 1 aliphatic rings. The van der Waals surface area contributed by atoms with Gasteiger partial charge >= 0.3 is 0 Å². The zero-order chi connectivity index (χ0) is 21.1. The Bertz CT molecular complexity index is 657. The quantitative estimate of drug-likeness (QED) is 0.425. The molecule has 1 fully saturated rings. The second-order valence-electron chi connectivity index (χ2n) is 7.35. The van der Waals surface area contributed by atoms with Crippen molar-refractivity contribution in [3.63, 3.8) is 0 Å². The molecule has 1 saturated heterocycles. The number of rotatable bonds is 12. The monoisotopic (exact) mass is 405 g/mol. The number of nitrogens with one attached hydrogen (secondary N) is 1. The molecule has 0 aliphatic carbocycles. The van der Waals surface area contributed by atoms with Crippen LogP contribution in [0.1, 0.15) is 43.5 Å². The van der Waals surface area contributed by atoms with Crippen LogP contribution in [-0.4, -0.2) is 81.0 Å². The smallest absolute Gasteiger partial charge is 0.220 e. The molecule has 1 N–H and O–H groups in total. The molecule has 1 aromatic carbocycles. The maximum Gasteiger partial charge on any atom is 0.220 e. The Balaban J connectivity index is 1.56. The highest BCUT2D eigenvalue weighted by Crippen LogP contribution is 2.28. The molecular formula is C22H35N3O4. The largest absolute Gasteiger partial charge is 0.493 e. The van der Waals surface area contributed by atoms with Gasteiger partial charge in [0.1, 0.15) is 0 Å². The number of likely N-dealkylation sites (N-methyl/N-ethyl adjacent to an activating group) is 1. The third-order valence-electron chi connectivity index (χ3n) is 5.26. The van der Waals surface area contributed by atoms with Crippen molar-refractivity contribution in [1.29, 1.82) is 0 Å². The van der Waals surface area contributed by atoms with Crippen LogP contribution in [0.2, 0.25) is 0 Å². The van der Waals surface area contributed by atoms with Crippen molar-refractivity contribution in [2.45, 2.75) is 33.1 Å². The molecule has 7 nitrogen and oxygen atoms in total. The Hall–Kier alpha value is -2.12. The van der Waals surface area contributed by atoms with E-state index in [1.807, 2.05) is 0 Å². The molecule has 7 heteroatoms. The van der Waals surface area contributed by atoms with Gasteiger partial charge < -0.3 is 24.6 Å². The zero-order valence-electron chi connectivity index (χ0n) is 18.0. The van der Waals surface area contributed by atoms with Crippen LogP contribution in [-0.2, 0) is 4.79 Å². The molecule has 2 rings (SSSR count). The van der Waals surface area contributed by atoms with Crippen molar-refractivity contribution in [3.8, 4) is 11.5 Å². The molecular weight excluding hydrogens is 370 g/mol. The lowest BCUT2D eigenvalue weighted by Gasteiger charge is -2.33. The summed E-state index contributed by atoms with van der Waals surface area (Å²) in [5.74, 6) is 1.15. The number of carbonyl (C=O) groups is 2. The van der Waals surface area contributed by atoms with Crippen LogP contribution in [0.25, 0.3) is 0 Å². The third kappa shape index (κ3) is 8.03. The summed E-state index contributed by atoms with van der Waals surface area (Å²) in [5, 5.41) is 2.99. The minimum absolute atomic E-state index is 0.0188. The second kappa shape index (κ2) is 12.4. The molecule has 1 heterocycles. The predicted octanol–water partition coefficient (Wildman–Crippen LogP) is 2.20. The summed E-state index contributed by atoms with van der Waals surface area (Å²) in [6.07, 6.45) is 2.04. The van der Waals surface area contributed by atoms with Crippen LogP contribution in [0.15, 0.2) is 18.2 Å². The molecule has 29 heavy (non-hydrogen) atoms. The number of piperazine rings is 1. The molecule has 0 radical (unpaired) electrons. The van der Waals surface area contributed by atoms with Crippen molar-refractivity contribution in [3.05, 3.63) is 23.8 Å². The number of amides is 1. The fraction of sp³-hybridized carbons (Fsp3) is 0.636. The summed E-state index contributed by atoms with van der Waals surface area (Å²) in [7, 11) is 1.54. The number of Topliss-reactive ketones (excluding diaryl/α,β-unsaturated/α-hetero) is 1. The minimum atomic E-state index is -0.0188.